The molecular formula is C17H19BrClNOS. The fraction of sp³-hybridized carbons (Fsp3) is 0.235. The van der Waals surface area contributed by atoms with Crippen molar-refractivity contribution in [1.82, 2.24) is 4.90 Å². The maximum Gasteiger partial charge on any atom is 0.142 e. The van der Waals surface area contributed by atoms with Crippen molar-refractivity contribution >= 4 is 45.2 Å². The molecule has 118 valence electrons. The van der Waals surface area contributed by atoms with Crippen molar-refractivity contribution in [2.45, 2.75) is 13.0 Å². The number of halogens is 2. The van der Waals surface area contributed by atoms with E-state index in [1.54, 1.807) is 11.3 Å². The molecule has 22 heavy (non-hydrogen) atoms. The number of nitrogens with zero attached hydrogens (tertiary/aromatic N) is 1. The first-order valence-electron chi connectivity index (χ1n) is 6.79. The highest BCUT2D eigenvalue weighted by molar-refractivity contribution is 9.10. The molecule has 0 unspecified atom stereocenters. The van der Waals surface area contributed by atoms with E-state index >= 15 is 0 Å². The highest BCUT2D eigenvalue weighted by Gasteiger charge is 2.15. The fourth-order valence-electron chi connectivity index (χ4n) is 1.85. The predicted octanol–water partition coefficient (Wildman–Crippen LogP) is 5.21. The van der Waals surface area contributed by atoms with E-state index in [9.17, 15) is 0 Å². The Balaban J connectivity index is 0.000000190. The lowest BCUT2D eigenvalue weighted by Gasteiger charge is -2.21. The van der Waals surface area contributed by atoms with Crippen LogP contribution >= 0.6 is 38.9 Å². The fourth-order valence-corrected chi connectivity index (χ4v) is 3.45. The second-order valence-electron chi connectivity index (χ2n) is 4.65. The van der Waals surface area contributed by atoms with Crippen molar-refractivity contribution in [3.05, 3.63) is 68.3 Å². The van der Waals surface area contributed by atoms with Crippen LogP contribution in [0.15, 0.2) is 53.5 Å². The lowest BCUT2D eigenvalue weighted by Crippen LogP contribution is -2.25. The van der Waals surface area contributed by atoms with Crippen LogP contribution < -0.4 is 0 Å². The third kappa shape index (κ3) is 7.36. The molecule has 0 atom stereocenters. The summed E-state index contributed by atoms with van der Waals surface area (Å²) in [5, 5.41) is 0. The van der Waals surface area contributed by atoms with Gasteiger partial charge >= 0.3 is 0 Å². The number of hydrogen-bond acceptors (Lipinski definition) is 3. The van der Waals surface area contributed by atoms with Gasteiger partial charge in [-0.1, -0.05) is 52.3 Å². The Bertz CT molecular complexity index is 580. The number of fused-ring (bicyclic) bond motifs is 1. The molecule has 2 aromatic rings. The Hall–Kier alpha value is -0.940. The summed E-state index contributed by atoms with van der Waals surface area (Å²) in [5.41, 5.74) is 1.42. The zero-order chi connectivity index (χ0) is 16.4. The van der Waals surface area contributed by atoms with Crippen molar-refractivity contribution in [3.8, 4) is 0 Å². The van der Waals surface area contributed by atoms with Crippen molar-refractivity contribution in [3.63, 3.8) is 0 Å². The molecule has 1 aromatic heterocycles. The molecular weight excluding hydrogens is 382 g/mol. The number of likely N-dealkylation sites (N-methyl/N-ethyl adjacent to an activating group) is 1. The van der Waals surface area contributed by atoms with E-state index in [0.717, 1.165) is 15.4 Å². The van der Waals surface area contributed by atoms with Gasteiger partial charge < -0.3 is 4.90 Å². The zero-order valence-electron chi connectivity index (χ0n) is 12.5. The largest absolute Gasteiger partial charge is 0.302 e. The summed E-state index contributed by atoms with van der Waals surface area (Å²) < 4.78 is 2.07. The van der Waals surface area contributed by atoms with Gasteiger partial charge in [0.05, 0.1) is 4.34 Å². The van der Waals surface area contributed by atoms with Crippen molar-refractivity contribution in [2.75, 3.05) is 13.6 Å². The van der Waals surface area contributed by atoms with Gasteiger partial charge in [0.2, 0.25) is 0 Å². The van der Waals surface area contributed by atoms with Crippen molar-refractivity contribution in [1.29, 1.82) is 0 Å². The van der Waals surface area contributed by atoms with Crippen LogP contribution in [0.25, 0.3) is 0 Å². The number of carbonyl (C=O) groups is 1. The summed E-state index contributed by atoms with van der Waals surface area (Å²) in [6.45, 7) is 5.35. The van der Waals surface area contributed by atoms with E-state index < -0.39 is 0 Å². The molecule has 0 radical (unpaired) electrons. The van der Waals surface area contributed by atoms with Gasteiger partial charge in [-0.2, -0.15) is 0 Å². The van der Waals surface area contributed by atoms with Gasteiger partial charge in [-0.05, 0) is 43.3 Å². The summed E-state index contributed by atoms with van der Waals surface area (Å²) in [4.78, 5) is 12.9. The lowest BCUT2D eigenvalue weighted by molar-refractivity contribution is -0.104. The van der Waals surface area contributed by atoms with Gasteiger partial charge in [-0.25, -0.2) is 0 Å². The van der Waals surface area contributed by atoms with Gasteiger partial charge in [0.1, 0.15) is 6.29 Å². The van der Waals surface area contributed by atoms with Gasteiger partial charge in [0, 0.05) is 22.4 Å². The van der Waals surface area contributed by atoms with E-state index in [4.69, 9.17) is 16.4 Å². The normalized spacial score (nSPS) is 12.9. The van der Waals surface area contributed by atoms with Crippen LogP contribution in [0, 0.1) is 0 Å². The molecule has 5 heteroatoms. The summed E-state index contributed by atoms with van der Waals surface area (Å²) in [6.07, 6.45) is 3.00. The number of aldehydes is 1. The molecule has 2 heterocycles. The van der Waals surface area contributed by atoms with E-state index in [-0.39, 0.29) is 0 Å². The minimum absolute atomic E-state index is 0.639. The molecule has 0 N–H and O–H groups in total. The number of carbonyl (C=O) groups excluding carboxylic acids is 1. The highest BCUT2D eigenvalue weighted by atomic mass is 79.9. The Morgan fingerprint density at radius 1 is 1.36 bits per heavy atom. The van der Waals surface area contributed by atoms with E-state index in [1.165, 1.54) is 29.5 Å². The van der Waals surface area contributed by atoms with Crippen LogP contribution in [0.3, 0.4) is 0 Å². The first-order valence-corrected chi connectivity index (χ1v) is 8.78. The summed E-state index contributed by atoms with van der Waals surface area (Å²) in [7, 11) is 2.15. The summed E-state index contributed by atoms with van der Waals surface area (Å²) in [6, 6.07) is 12.1. The van der Waals surface area contributed by atoms with Crippen LogP contribution in [-0.2, 0) is 17.8 Å². The molecule has 1 aromatic carbocycles. The average molecular weight is 401 g/mol. The highest BCUT2D eigenvalue weighted by Crippen LogP contribution is 2.30. The van der Waals surface area contributed by atoms with Crippen LogP contribution in [0.1, 0.15) is 10.4 Å². The lowest BCUT2D eigenvalue weighted by atomic mass is 10.1. The molecule has 1 aliphatic heterocycles. The molecule has 0 bridgehead atoms. The summed E-state index contributed by atoms with van der Waals surface area (Å²) >= 11 is 10.9. The van der Waals surface area contributed by atoms with Gasteiger partial charge in [-0.15, -0.1) is 11.3 Å². The van der Waals surface area contributed by atoms with Crippen LogP contribution in [0.5, 0.6) is 0 Å². The second-order valence-corrected chi connectivity index (χ2v) is 7.34. The van der Waals surface area contributed by atoms with Crippen LogP contribution in [-0.4, -0.2) is 24.8 Å². The first kappa shape index (κ1) is 19.1. The molecule has 3 rings (SSSR count). The Morgan fingerprint density at radius 2 is 2.00 bits per heavy atom. The number of rotatable bonds is 1. The first-order chi connectivity index (χ1) is 10.6. The third-order valence-corrected chi connectivity index (χ3v) is 4.75. The zero-order valence-corrected chi connectivity index (χ0v) is 15.6. The predicted molar refractivity (Wildman–Crippen MR) is 99.8 cm³/mol. The van der Waals surface area contributed by atoms with Crippen LogP contribution in [0.4, 0.5) is 0 Å². The van der Waals surface area contributed by atoms with Gasteiger partial charge in [0.15, 0.2) is 0 Å². The van der Waals surface area contributed by atoms with Gasteiger partial charge in [0.25, 0.3) is 0 Å². The minimum Gasteiger partial charge on any atom is -0.302 e. The number of allylic oxidation sites excluding steroid dienone is 1. The molecule has 0 amide bonds. The second kappa shape index (κ2) is 10.7. The molecule has 0 saturated heterocycles. The Kier molecular flexibility index (Phi) is 9.32. The smallest absolute Gasteiger partial charge is 0.142 e. The minimum atomic E-state index is 0.639. The quantitative estimate of drug-likeness (QED) is 0.484. The average Bonchev–Trinajstić information content (AvgIpc) is 2.88. The Morgan fingerprint density at radius 3 is 2.50 bits per heavy atom. The van der Waals surface area contributed by atoms with E-state index in [1.807, 2.05) is 30.3 Å². The van der Waals surface area contributed by atoms with Crippen molar-refractivity contribution < 1.29 is 4.79 Å². The van der Waals surface area contributed by atoms with E-state index in [2.05, 4.69) is 40.5 Å². The van der Waals surface area contributed by atoms with Gasteiger partial charge in [-0.3, -0.25) is 4.79 Å². The SMILES string of the molecule is Brc1ccccc1.C=CC=O.CN1CCc2sc(Cl)cc2C1. The van der Waals surface area contributed by atoms with Crippen LogP contribution in [0.2, 0.25) is 4.34 Å². The summed E-state index contributed by atoms with van der Waals surface area (Å²) in [5.74, 6) is 0. The third-order valence-electron chi connectivity index (χ3n) is 2.86. The number of thiophene rings is 1. The molecule has 0 saturated carbocycles. The molecule has 0 aliphatic carbocycles. The molecule has 0 spiro atoms. The molecule has 0 fully saturated rings. The van der Waals surface area contributed by atoms with E-state index in [0.29, 0.717) is 6.29 Å². The number of benzene rings is 1. The number of hydrogen-bond donors (Lipinski definition) is 0. The van der Waals surface area contributed by atoms with Crippen molar-refractivity contribution in [2.24, 2.45) is 0 Å². The monoisotopic (exact) mass is 399 g/mol. The maximum atomic E-state index is 9.06. The maximum absolute atomic E-state index is 9.06. The Labute approximate surface area is 149 Å². The molecule has 1 aliphatic rings. The standard InChI is InChI=1S/C8H10ClNS.C6H5Br.C3H4O/c1-10-3-2-7-6(5-10)4-8(9)11-7;7-6-4-2-1-3-5-6;1-2-3-4/h4H,2-3,5H2,1H3;1-5H;2-3H,1H2. The molecule has 2 nitrogen and oxygen atoms in total. The topological polar surface area (TPSA) is 20.3 Å².